The SMILES string of the molecule is CCCC(CC(C)C)NC/C(C=O)=C/c1ccc(OC)cc1. The molecule has 122 valence electrons. The average molecular weight is 303 g/mol. The van der Waals surface area contributed by atoms with Gasteiger partial charge in [0.1, 0.15) is 12.0 Å². The fraction of sp³-hybridized carbons (Fsp3) is 0.526. The molecule has 1 aromatic rings. The van der Waals surface area contributed by atoms with Gasteiger partial charge in [-0.25, -0.2) is 0 Å². The molecule has 1 unspecified atom stereocenters. The van der Waals surface area contributed by atoms with Crippen LogP contribution in [-0.4, -0.2) is 26.0 Å². The second kappa shape index (κ2) is 10.2. The van der Waals surface area contributed by atoms with Crippen molar-refractivity contribution < 1.29 is 9.53 Å². The number of hydrogen-bond donors (Lipinski definition) is 1. The van der Waals surface area contributed by atoms with Crippen molar-refractivity contribution >= 4 is 12.4 Å². The van der Waals surface area contributed by atoms with Crippen LogP contribution in [-0.2, 0) is 4.79 Å². The van der Waals surface area contributed by atoms with Gasteiger partial charge in [-0.3, -0.25) is 4.79 Å². The summed E-state index contributed by atoms with van der Waals surface area (Å²) in [7, 11) is 1.65. The van der Waals surface area contributed by atoms with Gasteiger partial charge in [-0.15, -0.1) is 0 Å². The van der Waals surface area contributed by atoms with Gasteiger partial charge in [0.15, 0.2) is 0 Å². The first-order valence-corrected chi connectivity index (χ1v) is 8.12. The van der Waals surface area contributed by atoms with Crippen LogP contribution < -0.4 is 10.1 Å². The third-order valence-electron chi connectivity index (χ3n) is 3.61. The second-order valence-corrected chi connectivity index (χ2v) is 6.11. The zero-order chi connectivity index (χ0) is 16.4. The molecular formula is C19H29NO2. The molecule has 3 heteroatoms. The van der Waals surface area contributed by atoms with Crippen LogP contribution in [0.25, 0.3) is 6.08 Å². The lowest BCUT2D eigenvalue weighted by Gasteiger charge is -2.20. The van der Waals surface area contributed by atoms with E-state index in [0.717, 1.165) is 42.4 Å². The zero-order valence-corrected chi connectivity index (χ0v) is 14.3. The maximum Gasteiger partial charge on any atom is 0.147 e. The van der Waals surface area contributed by atoms with Crippen molar-refractivity contribution in [3.63, 3.8) is 0 Å². The van der Waals surface area contributed by atoms with E-state index < -0.39 is 0 Å². The lowest BCUT2D eigenvalue weighted by molar-refractivity contribution is -0.104. The van der Waals surface area contributed by atoms with Crippen LogP contribution in [0.15, 0.2) is 29.8 Å². The number of rotatable bonds is 10. The summed E-state index contributed by atoms with van der Waals surface area (Å²) in [6.45, 7) is 7.28. The first kappa shape index (κ1) is 18.4. The molecule has 1 atom stereocenters. The highest BCUT2D eigenvalue weighted by Gasteiger charge is 2.10. The van der Waals surface area contributed by atoms with Gasteiger partial charge in [0.2, 0.25) is 0 Å². The number of ether oxygens (including phenoxy) is 1. The summed E-state index contributed by atoms with van der Waals surface area (Å²) in [5, 5.41) is 3.52. The fourth-order valence-corrected chi connectivity index (χ4v) is 2.52. The zero-order valence-electron chi connectivity index (χ0n) is 14.3. The highest BCUT2D eigenvalue weighted by Crippen LogP contribution is 2.14. The molecule has 1 rings (SSSR count). The van der Waals surface area contributed by atoms with Crippen LogP contribution in [0.1, 0.15) is 45.6 Å². The van der Waals surface area contributed by atoms with Crippen LogP contribution in [0.5, 0.6) is 5.75 Å². The highest BCUT2D eigenvalue weighted by atomic mass is 16.5. The Morgan fingerprint density at radius 3 is 2.45 bits per heavy atom. The molecule has 0 amide bonds. The molecular weight excluding hydrogens is 274 g/mol. The average Bonchev–Trinajstić information content (AvgIpc) is 2.51. The van der Waals surface area contributed by atoms with Crippen molar-refractivity contribution in [3.05, 3.63) is 35.4 Å². The van der Waals surface area contributed by atoms with E-state index in [-0.39, 0.29) is 0 Å². The van der Waals surface area contributed by atoms with Crippen molar-refractivity contribution in [1.29, 1.82) is 0 Å². The first-order chi connectivity index (χ1) is 10.6. The molecule has 0 aromatic heterocycles. The molecule has 0 aliphatic rings. The van der Waals surface area contributed by atoms with E-state index in [9.17, 15) is 4.79 Å². The number of methoxy groups -OCH3 is 1. The van der Waals surface area contributed by atoms with E-state index in [4.69, 9.17) is 4.74 Å². The molecule has 1 N–H and O–H groups in total. The molecule has 0 saturated heterocycles. The molecule has 22 heavy (non-hydrogen) atoms. The summed E-state index contributed by atoms with van der Waals surface area (Å²) >= 11 is 0. The smallest absolute Gasteiger partial charge is 0.147 e. The van der Waals surface area contributed by atoms with Gasteiger partial charge in [0.05, 0.1) is 7.11 Å². The van der Waals surface area contributed by atoms with E-state index >= 15 is 0 Å². The largest absolute Gasteiger partial charge is 0.497 e. The van der Waals surface area contributed by atoms with Gasteiger partial charge >= 0.3 is 0 Å². The molecule has 3 nitrogen and oxygen atoms in total. The summed E-state index contributed by atoms with van der Waals surface area (Å²) in [4.78, 5) is 11.3. The predicted octanol–water partition coefficient (Wildman–Crippen LogP) is 4.08. The molecule has 0 spiro atoms. The van der Waals surface area contributed by atoms with Crippen LogP contribution >= 0.6 is 0 Å². The first-order valence-electron chi connectivity index (χ1n) is 8.12. The Hall–Kier alpha value is -1.61. The summed E-state index contributed by atoms with van der Waals surface area (Å²) in [5.41, 5.74) is 1.79. The Labute approximate surface area is 134 Å². The maximum atomic E-state index is 11.3. The third kappa shape index (κ3) is 6.90. The van der Waals surface area contributed by atoms with Gasteiger partial charge in [-0.2, -0.15) is 0 Å². The maximum absolute atomic E-state index is 11.3. The fourth-order valence-electron chi connectivity index (χ4n) is 2.52. The molecule has 1 aromatic carbocycles. The quantitative estimate of drug-likeness (QED) is 0.523. The summed E-state index contributed by atoms with van der Waals surface area (Å²) in [6, 6.07) is 8.20. The topological polar surface area (TPSA) is 38.3 Å². The summed E-state index contributed by atoms with van der Waals surface area (Å²) < 4.78 is 5.14. The van der Waals surface area contributed by atoms with Gasteiger partial charge in [-0.05, 0) is 42.5 Å². The molecule has 0 aliphatic carbocycles. The molecule has 0 radical (unpaired) electrons. The minimum Gasteiger partial charge on any atom is -0.497 e. The number of benzene rings is 1. The molecule has 0 saturated carbocycles. The lowest BCUT2D eigenvalue weighted by Crippen LogP contribution is -2.32. The van der Waals surface area contributed by atoms with Gasteiger partial charge in [0.25, 0.3) is 0 Å². The minimum atomic E-state index is 0.476. The Morgan fingerprint density at radius 1 is 1.27 bits per heavy atom. The van der Waals surface area contributed by atoms with E-state index in [0.29, 0.717) is 18.5 Å². The number of nitrogens with one attached hydrogen (secondary N) is 1. The van der Waals surface area contributed by atoms with Crippen molar-refractivity contribution in [2.45, 2.75) is 46.1 Å². The minimum absolute atomic E-state index is 0.476. The molecule has 0 heterocycles. The van der Waals surface area contributed by atoms with E-state index in [1.54, 1.807) is 7.11 Å². The van der Waals surface area contributed by atoms with Crippen LogP contribution in [0.2, 0.25) is 0 Å². The van der Waals surface area contributed by atoms with E-state index in [2.05, 4.69) is 26.1 Å². The van der Waals surface area contributed by atoms with Crippen molar-refractivity contribution in [2.24, 2.45) is 5.92 Å². The van der Waals surface area contributed by atoms with Crippen molar-refractivity contribution in [3.8, 4) is 5.75 Å². The molecule has 0 aliphatic heterocycles. The monoisotopic (exact) mass is 303 g/mol. The third-order valence-corrected chi connectivity index (χ3v) is 3.61. The Bertz CT molecular complexity index is 463. The predicted molar refractivity (Wildman–Crippen MR) is 93.2 cm³/mol. The summed E-state index contributed by atoms with van der Waals surface area (Å²) in [6.07, 6.45) is 6.31. The Kier molecular flexibility index (Phi) is 8.53. The number of carbonyl (C=O) groups excluding carboxylic acids is 1. The number of hydrogen-bond acceptors (Lipinski definition) is 3. The van der Waals surface area contributed by atoms with Gasteiger partial charge < -0.3 is 10.1 Å². The Morgan fingerprint density at radius 2 is 1.95 bits per heavy atom. The summed E-state index contributed by atoms with van der Waals surface area (Å²) in [5.74, 6) is 1.48. The second-order valence-electron chi connectivity index (χ2n) is 6.11. The van der Waals surface area contributed by atoms with Crippen molar-refractivity contribution in [2.75, 3.05) is 13.7 Å². The van der Waals surface area contributed by atoms with E-state index in [1.165, 1.54) is 0 Å². The highest BCUT2D eigenvalue weighted by molar-refractivity contribution is 5.82. The number of aldehydes is 1. The van der Waals surface area contributed by atoms with Gasteiger partial charge in [-0.1, -0.05) is 39.3 Å². The molecule has 0 bridgehead atoms. The van der Waals surface area contributed by atoms with Crippen LogP contribution in [0.3, 0.4) is 0 Å². The van der Waals surface area contributed by atoms with Crippen molar-refractivity contribution in [1.82, 2.24) is 5.32 Å². The lowest BCUT2D eigenvalue weighted by atomic mass is 9.99. The normalized spacial score (nSPS) is 13.2. The van der Waals surface area contributed by atoms with E-state index in [1.807, 2.05) is 30.3 Å². The van der Waals surface area contributed by atoms with Crippen LogP contribution in [0.4, 0.5) is 0 Å². The van der Waals surface area contributed by atoms with Gasteiger partial charge in [0, 0.05) is 18.2 Å². The van der Waals surface area contributed by atoms with Crippen LogP contribution in [0, 0.1) is 5.92 Å². The molecule has 0 fully saturated rings. The Balaban J connectivity index is 2.65. The standard InChI is InChI=1S/C19H29NO2/c1-5-6-18(11-15(2)3)20-13-17(14-21)12-16-7-9-19(22-4)10-8-16/h7-10,12,14-15,18,20H,5-6,11,13H2,1-4H3/b17-12-. The number of carbonyl (C=O) groups is 1.